The number of phenols is 1. The van der Waals surface area contributed by atoms with E-state index >= 15 is 0 Å². The van der Waals surface area contributed by atoms with Gasteiger partial charge in [0, 0.05) is 6.04 Å². The molecule has 2 unspecified atom stereocenters. The Morgan fingerprint density at radius 1 is 0.867 bits per heavy atom. The van der Waals surface area contributed by atoms with Crippen LogP contribution in [0.5, 0.6) is 5.75 Å². The molecule has 1 aromatic rings. The zero-order valence-corrected chi connectivity index (χ0v) is 20.4. The Kier molecular flexibility index (Phi) is 13.7. The minimum absolute atomic E-state index is 0.132. The highest BCUT2D eigenvalue weighted by Crippen LogP contribution is 2.32. The molecule has 0 spiro atoms. The SMILES string of the molecule is CCCCC(CCC)N(CCCC)CCCC(CCC)c1cc(C)c(O)c(C=O)c1. The van der Waals surface area contributed by atoms with Crippen molar-refractivity contribution < 1.29 is 9.90 Å². The number of hydrogen-bond donors (Lipinski definition) is 1. The van der Waals surface area contributed by atoms with Gasteiger partial charge >= 0.3 is 0 Å². The summed E-state index contributed by atoms with van der Waals surface area (Å²) in [6, 6.07) is 4.72. The molecule has 0 bridgehead atoms. The molecule has 172 valence electrons. The maximum atomic E-state index is 11.4. The van der Waals surface area contributed by atoms with Gasteiger partial charge in [0.05, 0.1) is 5.56 Å². The maximum absolute atomic E-state index is 11.4. The lowest BCUT2D eigenvalue weighted by Crippen LogP contribution is -2.37. The highest BCUT2D eigenvalue weighted by atomic mass is 16.3. The van der Waals surface area contributed by atoms with E-state index < -0.39 is 0 Å². The fourth-order valence-electron chi connectivity index (χ4n) is 4.65. The second-order valence-electron chi connectivity index (χ2n) is 9.00. The van der Waals surface area contributed by atoms with E-state index in [1.54, 1.807) is 0 Å². The molecule has 2 atom stereocenters. The van der Waals surface area contributed by atoms with Crippen molar-refractivity contribution in [1.29, 1.82) is 0 Å². The van der Waals surface area contributed by atoms with Gasteiger partial charge in [-0.2, -0.15) is 0 Å². The average Bonchev–Trinajstić information content (AvgIpc) is 2.74. The summed E-state index contributed by atoms with van der Waals surface area (Å²) >= 11 is 0. The second kappa shape index (κ2) is 15.5. The molecule has 0 saturated carbocycles. The summed E-state index contributed by atoms with van der Waals surface area (Å²) in [5.74, 6) is 0.592. The number of phenolic OH excluding ortho intramolecular Hbond substituents is 1. The summed E-state index contributed by atoms with van der Waals surface area (Å²) in [5.41, 5.74) is 2.45. The van der Waals surface area contributed by atoms with Gasteiger partial charge in [0.15, 0.2) is 6.29 Å². The second-order valence-corrected chi connectivity index (χ2v) is 9.00. The number of aryl methyl sites for hydroxylation is 1. The molecule has 0 aliphatic carbocycles. The first kappa shape index (κ1) is 26.7. The number of carbonyl (C=O) groups is 1. The fourth-order valence-corrected chi connectivity index (χ4v) is 4.65. The van der Waals surface area contributed by atoms with E-state index in [0.29, 0.717) is 11.5 Å². The molecule has 3 nitrogen and oxygen atoms in total. The molecule has 0 aliphatic rings. The van der Waals surface area contributed by atoms with E-state index in [0.717, 1.165) is 37.2 Å². The summed E-state index contributed by atoms with van der Waals surface area (Å²) in [5, 5.41) is 10.1. The molecule has 1 rings (SSSR count). The van der Waals surface area contributed by atoms with Gasteiger partial charge in [-0.25, -0.2) is 0 Å². The normalized spacial score (nSPS) is 13.5. The summed E-state index contributed by atoms with van der Waals surface area (Å²) in [4.78, 5) is 14.1. The molecular formula is C27H47NO2. The van der Waals surface area contributed by atoms with Crippen molar-refractivity contribution in [2.24, 2.45) is 0 Å². The summed E-state index contributed by atoms with van der Waals surface area (Å²) in [6.07, 6.45) is 14.4. The van der Waals surface area contributed by atoms with Crippen molar-refractivity contribution in [2.45, 2.75) is 117 Å². The van der Waals surface area contributed by atoms with Crippen molar-refractivity contribution in [3.05, 3.63) is 28.8 Å². The molecule has 1 N–H and O–H groups in total. The van der Waals surface area contributed by atoms with Gasteiger partial charge in [-0.1, -0.05) is 65.9 Å². The van der Waals surface area contributed by atoms with E-state index in [1.165, 1.54) is 70.0 Å². The van der Waals surface area contributed by atoms with Crippen LogP contribution < -0.4 is 0 Å². The molecule has 3 heteroatoms. The van der Waals surface area contributed by atoms with Gasteiger partial charge in [-0.05, 0) is 81.6 Å². The predicted octanol–water partition coefficient (Wildman–Crippen LogP) is 7.64. The molecule has 0 radical (unpaired) electrons. The van der Waals surface area contributed by atoms with E-state index in [2.05, 4.69) is 38.7 Å². The maximum Gasteiger partial charge on any atom is 0.153 e. The molecular weight excluding hydrogens is 370 g/mol. The quantitative estimate of drug-likeness (QED) is 0.265. The number of nitrogens with zero attached hydrogens (tertiary/aromatic N) is 1. The van der Waals surface area contributed by atoms with Gasteiger partial charge in [0.1, 0.15) is 5.75 Å². The minimum Gasteiger partial charge on any atom is -0.507 e. The fraction of sp³-hybridized carbons (Fsp3) is 0.741. The predicted molar refractivity (Wildman–Crippen MR) is 130 cm³/mol. The Hall–Kier alpha value is -1.35. The van der Waals surface area contributed by atoms with Crippen molar-refractivity contribution >= 4 is 6.29 Å². The van der Waals surface area contributed by atoms with Crippen LogP contribution in [0.2, 0.25) is 0 Å². The molecule has 0 aliphatic heterocycles. The van der Waals surface area contributed by atoms with E-state index in [9.17, 15) is 9.90 Å². The van der Waals surface area contributed by atoms with Crippen LogP contribution in [0.3, 0.4) is 0 Å². The van der Waals surface area contributed by atoms with Crippen LogP contribution in [-0.4, -0.2) is 35.4 Å². The zero-order chi connectivity index (χ0) is 22.4. The third-order valence-electron chi connectivity index (χ3n) is 6.41. The summed E-state index contributed by atoms with van der Waals surface area (Å²) in [6.45, 7) is 13.4. The number of benzene rings is 1. The van der Waals surface area contributed by atoms with Gasteiger partial charge < -0.3 is 10.0 Å². The Labute approximate surface area is 186 Å². The standard InChI is InChI=1S/C27H47NO2/c1-6-10-16-26(14-9-4)28(17-11-7-2)18-12-15-23(13-8-3)24-19-22(5)27(30)25(20-24)21-29/h19-21,23,26,30H,6-18H2,1-5H3. The van der Waals surface area contributed by atoms with Crippen molar-refractivity contribution in [2.75, 3.05) is 13.1 Å². The number of carbonyl (C=O) groups excluding carboxylic acids is 1. The largest absolute Gasteiger partial charge is 0.507 e. The first-order chi connectivity index (χ1) is 14.5. The third kappa shape index (κ3) is 8.79. The monoisotopic (exact) mass is 417 g/mol. The van der Waals surface area contributed by atoms with E-state index in [4.69, 9.17) is 0 Å². The number of aromatic hydroxyl groups is 1. The minimum atomic E-state index is 0.132. The van der Waals surface area contributed by atoms with Crippen LogP contribution in [0.25, 0.3) is 0 Å². The van der Waals surface area contributed by atoms with Crippen molar-refractivity contribution in [1.82, 2.24) is 4.90 Å². The van der Waals surface area contributed by atoms with Crippen LogP contribution in [0, 0.1) is 6.92 Å². The highest BCUT2D eigenvalue weighted by molar-refractivity contribution is 5.80. The van der Waals surface area contributed by atoms with Crippen molar-refractivity contribution in [3.8, 4) is 5.75 Å². The molecule has 0 amide bonds. The molecule has 0 saturated heterocycles. The first-order valence-electron chi connectivity index (χ1n) is 12.5. The average molecular weight is 418 g/mol. The molecule has 0 fully saturated rings. The first-order valence-corrected chi connectivity index (χ1v) is 12.5. The number of aldehydes is 1. The molecule has 0 aromatic heterocycles. The smallest absolute Gasteiger partial charge is 0.153 e. The van der Waals surface area contributed by atoms with Gasteiger partial charge in [-0.15, -0.1) is 0 Å². The zero-order valence-electron chi connectivity index (χ0n) is 20.4. The number of hydrogen-bond acceptors (Lipinski definition) is 3. The molecule has 1 aromatic carbocycles. The van der Waals surface area contributed by atoms with Gasteiger partial charge in [0.25, 0.3) is 0 Å². The van der Waals surface area contributed by atoms with Crippen LogP contribution in [0.15, 0.2) is 12.1 Å². The third-order valence-corrected chi connectivity index (χ3v) is 6.41. The lowest BCUT2D eigenvalue weighted by Gasteiger charge is -2.32. The number of unbranched alkanes of at least 4 members (excludes halogenated alkanes) is 2. The highest BCUT2D eigenvalue weighted by Gasteiger charge is 2.19. The topological polar surface area (TPSA) is 40.5 Å². The van der Waals surface area contributed by atoms with Gasteiger partial charge in [-0.3, -0.25) is 4.79 Å². The van der Waals surface area contributed by atoms with Crippen LogP contribution in [0.4, 0.5) is 0 Å². The van der Waals surface area contributed by atoms with Crippen LogP contribution in [0.1, 0.15) is 126 Å². The Bertz CT molecular complexity index is 599. The molecule has 0 heterocycles. The van der Waals surface area contributed by atoms with Crippen LogP contribution in [-0.2, 0) is 0 Å². The Morgan fingerprint density at radius 3 is 2.13 bits per heavy atom. The van der Waals surface area contributed by atoms with Crippen LogP contribution >= 0.6 is 0 Å². The molecule has 30 heavy (non-hydrogen) atoms. The Balaban J connectivity index is 2.85. The number of rotatable bonds is 17. The van der Waals surface area contributed by atoms with Crippen molar-refractivity contribution in [3.63, 3.8) is 0 Å². The summed E-state index contributed by atoms with van der Waals surface area (Å²) < 4.78 is 0. The Morgan fingerprint density at radius 2 is 1.53 bits per heavy atom. The lowest BCUT2D eigenvalue weighted by atomic mass is 9.87. The lowest BCUT2D eigenvalue weighted by molar-refractivity contribution is 0.112. The van der Waals surface area contributed by atoms with Gasteiger partial charge in [0.2, 0.25) is 0 Å². The summed E-state index contributed by atoms with van der Waals surface area (Å²) in [7, 11) is 0. The van der Waals surface area contributed by atoms with E-state index in [1.807, 2.05) is 13.0 Å². The van der Waals surface area contributed by atoms with E-state index in [-0.39, 0.29) is 5.75 Å².